The number of carbonyl (C=O) groups is 2. The molecule has 1 heterocycles. The number of halogens is 4. The molecule has 2 aromatic carbocycles. The Morgan fingerprint density at radius 3 is 2.61 bits per heavy atom. The van der Waals surface area contributed by atoms with Crippen molar-refractivity contribution in [1.29, 1.82) is 0 Å². The number of urea groups is 1. The van der Waals surface area contributed by atoms with Crippen LogP contribution in [0.2, 0.25) is 0 Å². The number of hydrogen-bond donors (Lipinski definition) is 1. The summed E-state index contributed by atoms with van der Waals surface area (Å²) in [5.74, 6) is 0.339. The van der Waals surface area contributed by atoms with E-state index in [2.05, 4.69) is 21.2 Å². The predicted molar refractivity (Wildman–Crippen MR) is 112 cm³/mol. The van der Waals surface area contributed by atoms with Gasteiger partial charge in [0, 0.05) is 27.7 Å². The third-order valence-corrected chi connectivity index (χ3v) is 5.89. The van der Waals surface area contributed by atoms with Crippen molar-refractivity contribution in [2.24, 2.45) is 0 Å². The largest absolute Gasteiger partial charge is 0.496 e. The van der Waals surface area contributed by atoms with Crippen LogP contribution in [-0.2, 0) is 11.0 Å². The van der Waals surface area contributed by atoms with E-state index in [4.69, 9.17) is 4.74 Å². The molecule has 0 saturated heterocycles. The molecule has 162 valence electrons. The number of rotatable bonds is 3. The Balaban J connectivity index is 1.87. The van der Waals surface area contributed by atoms with Gasteiger partial charge in [0.1, 0.15) is 5.75 Å². The second-order valence-corrected chi connectivity index (χ2v) is 8.21. The summed E-state index contributed by atoms with van der Waals surface area (Å²) in [6.45, 7) is 0. The van der Waals surface area contributed by atoms with Crippen LogP contribution in [0, 0.1) is 0 Å². The number of alkyl halides is 3. The van der Waals surface area contributed by atoms with Crippen molar-refractivity contribution in [3.05, 3.63) is 69.3 Å². The van der Waals surface area contributed by atoms with Gasteiger partial charge in [-0.25, -0.2) is 4.79 Å². The van der Waals surface area contributed by atoms with Gasteiger partial charge >= 0.3 is 12.2 Å². The van der Waals surface area contributed by atoms with E-state index in [1.54, 1.807) is 18.2 Å². The molecule has 1 aliphatic heterocycles. The highest BCUT2D eigenvalue weighted by Gasteiger charge is 2.41. The van der Waals surface area contributed by atoms with E-state index < -0.39 is 23.8 Å². The van der Waals surface area contributed by atoms with Gasteiger partial charge in [0.15, 0.2) is 5.78 Å². The number of allylic oxidation sites excluding steroid dienone is 1. The smallest absolute Gasteiger partial charge is 0.416 e. The van der Waals surface area contributed by atoms with Crippen LogP contribution < -0.4 is 15.0 Å². The van der Waals surface area contributed by atoms with Crippen LogP contribution in [-0.4, -0.2) is 18.9 Å². The van der Waals surface area contributed by atoms with E-state index in [-0.39, 0.29) is 11.5 Å². The first-order valence-electron chi connectivity index (χ1n) is 9.58. The summed E-state index contributed by atoms with van der Waals surface area (Å²) in [6, 6.07) is 8.46. The molecule has 1 atom stereocenters. The lowest BCUT2D eigenvalue weighted by Crippen LogP contribution is -2.49. The van der Waals surface area contributed by atoms with Crippen LogP contribution in [0.1, 0.15) is 36.4 Å². The van der Waals surface area contributed by atoms with E-state index in [1.807, 2.05) is 0 Å². The maximum absolute atomic E-state index is 13.2. The predicted octanol–water partition coefficient (Wildman–Crippen LogP) is 5.75. The molecule has 0 saturated carbocycles. The quantitative estimate of drug-likeness (QED) is 0.590. The minimum Gasteiger partial charge on any atom is -0.496 e. The topological polar surface area (TPSA) is 58.6 Å². The molecular weight excluding hydrogens is 477 g/mol. The standard InChI is InChI=1S/C22H18BrF3N2O3/c1-31-18-11-13(23)8-9-15(18)20-19-16(6-3-7-17(19)29)28(21(30)27-20)14-5-2-4-12(10-14)22(24,25)26/h2,4-5,8-11,20H,3,6-7H2,1H3,(H,27,30). The van der Waals surface area contributed by atoms with Crippen LogP contribution in [0.15, 0.2) is 58.2 Å². The molecule has 0 bridgehead atoms. The minimum absolute atomic E-state index is 0.0655. The van der Waals surface area contributed by atoms with Crippen molar-refractivity contribution in [3.8, 4) is 5.75 Å². The van der Waals surface area contributed by atoms with E-state index in [1.165, 1.54) is 24.1 Å². The molecule has 2 aromatic rings. The maximum Gasteiger partial charge on any atom is 0.416 e. The van der Waals surface area contributed by atoms with Gasteiger partial charge in [-0.05, 0) is 43.2 Å². The van der Waals surface area contributed by atoms with Gasteiger partial charge in [0.2, 0.25) is 0 Å². The zero-order valence-electron chi connectivity index (χ0n) is 16.4. The summed E-state index contributed by atoms with van der Waals surface area (Å²) in [4.78, 5) is 27.2. The third kappa shape index (κ3) is 3.94. The summed E-state index contributed by atoms with van der Waals surface area (Å²) in [7, 11) is 1.49. The van der Waals surface area contributed by atoms with Crippen LogP contribution in [0.5, 0.6) is 5.75 Å². The van der Waals surface area contributed by atoms with Crippen LogP contribution >= 0.6 is 15.9 Å². The first kappa shape index (κ1) is 21.4. The van der Waals surface area contributed by atoms with Crippen molar-refractivity contribution >= 4 is 33.4 Å². The number of ketones is 1. The van der Waals surface area contributed by atoms with Gasteiger partial charge in [-0.15, -0.1) is 0 Å². The zero-order chi connectivity index (χ0) is 22.3. The summed E-state index contributed by atoms with van der Waals surface area (Å²) in [5, 5.41) is 2.79. The Labute approximate surface area is 185 Å². The van der Waals surface area contributed by atoms with Crippen molar-refractivity contribution in [1.82, 2.24) is 5.32 Å². The molecule has 4 rings (SSSR count). The lowest BCUT2D eigenvalue weighted by Gasteiger charge is -2.39. The second-order valence-electron chi connectivity index (χ2n) is 7.29. The molecule has 0 fully saturated rings. The van der Waals surface area contributed by atoms with Crippen molar-refractivity contribution < 1.29 is 27.5 Å². The average Bonchev–Trinajstić information content (AvgIpc) is 2.72. The van der Waals surface area contributed by atoms with Crippen molar-refractivity contribution in [2.45, 2.75) is 31.5 Å². The lowest BCUT2D eigenvalue weighted by atomic mass is 9.84. The summed E-state index contributed by atoms with van der Waals surface area (Å²) >= 11 is 3.37. The number of benzene rings is 2. The lowest BCUT2D eigenvalue weighted by molar-refractivity contribution is -0.137. The molecule has 5 nitrogen and oxygen atoms in total. The number of Topliss-reactive ketones (excluding diaryl/α,β-unsaturated/α-hetero) is 1. The molecule has 0 radical (unpaired) electrons. The van der Waals surface area contributed by atoms with Crippen molar-refractivity contribution in [2.75, 3.05) is 12.0 Å². The number of anilines is 1. The molecule has 0 aromatic heterocycles. The molecule has 1 unspecified atom stereocenters. The van der Waals surface area contributed by atoms with Crippen LogP contribution in [0.4, 0.5) is 23.7 Å². The van der Waals surface area contributed by atoms with Gasteiger partial charge in [0.05, 0.1) is 24.4 Å². The van der Waals surface area contributed by atoms with Gasteiger partial charge in [-0.3, -0.25) is 9.69 Å². The fourth-order valence-electron chi connectivity index (χ4n) is 4.04. The van der Waals surface area contributed by atoms with Gasteiger partial charge in [0.25, 0.3) is 0 Å². The Morgan fingerprint density at radius 1 is 1.13 bits per heavy atom. The van der Waals surface area contributed by atoms with Gasteiger partial charge in [-0.1, -0.05) is 28.1 Å². The maximum atomic E-state index is 13.2. The molecule has 0 spiro atoms. The van der Waals surface area contributed by atoms with E-state index in [9.17, 15) is 22.8 Å². The minimum atomic E-state index is -4.55. The fraction of sp³-hybridized carbons (Fsp3) is 0.273. The Kier molecular flexibility index (Phi) is 5.55. The van der Waals surface area contributed by atoms with E-state index >= 15 is 0 Å². The Hall–Kier alpha value is -2.81. The first-order chi connectivity index (χ1) is 14.7. The Bertz CT molecular complexity index is 1100. The molecular formula is C22H18BrF3N2O3. The number of ether oxygens (including phenoxy) is 1. The van der Waals surface area contributed by atoms with Gasteiger partial charge in [-0.2, -0.15) is 13.2 Å². The normalized spacial score (nSPS) is 19.3. The highest BCUT2D eigenvalue weighted by atomic mass is 79.9. The fourth-order valence-corrected chi connectivity index (χ4v) is 4.38. The zero-order valence-corrected chi connectivity index (χ0v) is 18.0. The number of amides is 2. The average molecular weight is 495 g/mol. The van der Waals surface area contributed by atoms with E-state index in [0.29, 0.717) is 41.8 Å². The van der Waals surface area contributed by atoms with E-state index in [0.717, 1.165) is 16.6 Å². The van der Waals surface area contributed by atoms with Crippen LogP contribution in [0.3, 0.4) is 0 Å². The molecule has 1 N–H and O–H groups in total. The highest BCUT2D eigenvalue weighted by molar-refractivity contribution is 9.10. The SMILES string of the molecule is COc1cc(Br)ccc1C1NC(=O)N(c2cccc(C(F)(F)F)c2)C2=C1C(=O)CCC2. The monoisotopic (exact) mass is 494 g/mol. The number of nitrogens with one attached hydrogen (secondary N) is 1. The third-order valence-electron chi connectivity index (χ3n) is 5.40. The number of carbonyl (C=O) groups excluding carboxylic acids is 2. The van der Waals surface area contributed by atoms with Crippen LogP contribution in [0.25, 0.3) is 0 Å². The summed E-state index contributed by atoms with van der Waals surface area (Å²) < 4.78 is 45.9. The number of nitrogens with zero attached hydrogens (tertiary/aromatic N) is 1. The molecule has 2 amide bonds. The summed E-state index contributed by atoms with van der Waals surface area (Å²) in [6.07, 6.45) is -3.32. The molecule has 31 heavy (non-hydrogen) atoms. The Morgan fingerprint density at radius 2 is 1.90 bits per heavy atom. The molecule has 9 heteroatoms. The first-order valence-corrected chi connectivity index (χ1v) is 10.4. The number of hydrogen-bond acceptors (Lipinski definition) is 3. The van der Waals surface area contributed by atoms with Gasteiger partial charge < -0.3 is 10.1 Å². The number of methoxy groups -OCH3 is 1. The van der Waals surface area contributed by atoms with Crippen molar-refractivity contribution in [3.63, 3.8) is 0 Å². The molecule has 2 aliphatic rings. The second kappa shape index (κ2) is 8.03. The molecule has 1 aliphatic carbocycles. The highest BCUT2D eigenvalue weighted by Crippen LogP contribution is 2.43. The summed E-state index contributed by atoms with van der Waals surface area (Å²) in [5.41, 5.74) is 0.609.